The second-order valence-electron chi connectivity index (χ2n) is 16.9. The number of allylic oxidation sites excluding steroid dienone is 6. The van der Waals surface area contributed by atoms with E-state index < -0.39 is 18.2 Å². The fraction of sp³-hybridized carbons (Fsp3) is 0.843. The molecule has 0 spiro atoms. The number of amides is 1. The normalized spacial score (nSPS) is 13.6. The van der Waals surface area contributed by atoms with Crippen molar-refractivity contribution in [3.8, 4) is 0 Å². The number of aliphatic hydroxyl groups excluding tert-OH is 2. The van der Waals surface area contributed by atoms with Gasteiger partial charge in [-0.25, -0.2) is 0 Å². The molecule has 0 aliphatic carbocycles. The topological polar surface area (TPSA) is 95.9 Å². The van der Waals surface area contributed by atoms with Gasteiger partial charge in [0.15, 0.2) is 0 Å². The molecule has 3 unspecified atom stereocenters. The smallest absolute Gasteiger partial charge is 0.306 e. The Kier molecular flexibility index (Phi) is 43.6. The Morgan fingerprint density at radius 2 is 0.895 bits per heavy atom. The molecule has 0 aromatic rings. The minimum atomic E-state index is -0.793. The lowest BCUT2D eigenvalue weighted by atomic mass is 10.0. The highest BCUT2D eigenvalue weighted by Gasteiger charge is 2.24. The molecular weight excluding hydrogens is 707 g/mol. The Labute approximate surface area is 353 Å². The number of rotatable bonds is 44. The Morgan fingerprint density at radius 1 is 0.509 bits per heavy atom. The van der Waals surface area contributed by atoms with E-state index >= 15 is 0 Å². The molecule has 3 N–H and O–H groups in total. The summed E-state index contributed by atoms with van der Waals surface area (Å²) in [5.74, 6) is -0.506. The molecule has 334 valence electrons. The molecule has 0 saturated heterocycles. The predicted octanol–water partition coefficient (Wildman–Crippen LogP) is 14.5. The number of carbonyl (C=O) groups excluding carboxylic acids is 2. The van der Waals surface area contributed by atoms with E-state index in [0.717, 1.165) is 77.0 Å². The fourth-order valence-electron chi connectivity index (χ4n) is 7.42. The molecule has 0 aliphatic heterocycles. The van der Waals surface area contributed by atoms with Gasteiger partial charge in [0.05, 0.1) is 25.2 Å². The Bertz CT molecular complexity index is 946. The van der Waals surface area contributed by atoms with Crippen LogP contribution in [0.15, 0.2) is 36.5 Å². The summed E-state index contributed by atoms with van der Waals surface area (Å²) in [7, 11) is 0. The van der Waals surface area contributed by atoms with Gasteiger partial charge in [-0.05, 0) is 77.0 Å². The van der Waals surface area contributed by atoms with E-state index in [9.17, 15) is 19.8 Å². The van der Waals surface area contributed by atoms with Crippen LogP contribution in [0, 0.1) is 0 Å². The van der Waals surface area contributed by atoms with E-state index in [4.69, 9.17) is 4.74 Å². The van der Waals surface area contributed by atoms with Gasteiger partial charge in [-0.2, -0.15) is 0 Å². The molecule has 0 aromatic heterocycles. The number of unbranched alkanes of at least 4 members (excludes halogenated alkanes) is 27. The third-order valence-electron chi connectivity index (χ3n) is 11.2. The molecule has 0 saturated carbocycles. The Morgan fingerprint density at radius 3 is 1.40 bits per heavy atom. The van der Waals surface area contributed by atoms with Gasteiger partial charge in [0, 0.05) is 6.42 Å². The van der Waals surface area contributed by atoms with Gasteiger partial charge >= 0.3 is 5.97 Å². The van der Waals surface area contributed by atoms with Gasteiger partial charge in [-0.3, -0.25) is 9.59 Å². The molecule has 1 amide bonds. The zero-order chi connectivity index (χ0) is 41.7. The van der Waals surface area contributed by atoms with Crippen LogP contribution in [0.2, 0.25) is 0 Å². The highest BCUT2D eigenvalue weighted by molar-refractivity contribution is 5.77. The van der Waals surface area contributed by atoms with Gasteiger partial charge < -0.3 is 20.3 Å². The fourth-order valence-corrected chi connectivity index (χ4v) is 7.42. The molecular formula is C51H95NO5. The van der Waals surface area contributed by atoms with Crippen LogP contribution in [-0.4, -0.2) is 46.9 Å². The number of hydrogen-bond acceptors (Lipinski definition) is 5. The lowest BCUT2D eigenvalue weighted by molar-refractivity contribution is -0.151. The van der Waals surface area contributed by atoms with Crippen molar-refractivity contribution in [1.29, 1.82) is 0 Å². The largest absolute Gasteiger partial charge is 0.462 e. The summed E-state index contributed by atoms with van der Waals surface area (Å²) in [4.78, 5) is 26.0. The predicted molar refractivity (Wildman–Crippen MR) is 246 cm³/mol. The van der Waals surface area contributed by atoms with Crippen LogP contribution < -0.4 is 5.32 Å². The minimum Gasteiger partial charge on any atom is -0.462 e. The van der Waals surface area contributed by atoms with Crippen LogP contribution in [0.25, 0.3) is 0 Å². The van der Waals surface area contributed by atoms with Crippen LogP contribution in [-0.2, 0) is 14.3 Å². The molecule has 3 atom stereocenters. The van der Waals surface area contributed by atoms with Crippen LogP contribution >= 0.6 is 0 Å². The summed E-state index contributed by atoms with van der Waals surface area (Å²) in [6.07, 6.45) is 52.0. The van der Waals surface area contributed by atoms with E-state index in [2.05, 4.69) is 62.5 Å². The molecule has 6 heteroatoms. The van der Waals surface area contributed by atoms with Crippen molar-refractivity contribution in [3.05, 3.63) is 36.5 Å². The minimum absolute atomic E-state index is 0.0582. The molecule has 0 aliphatic rings. The van der Waals surface area contributed by atoms with Gasteiger partial charge in [-0.15, -0.1) is 0 Å². The summed E-state index contributed by atoms with van der Waals surface area (Å²) >= 11 is 0. The van der Waals surface area contributed by atoms with Gasteiger partial charge in [0.1, 0.15) is 6.10 Å². The SMILES string of the molecule is CCCCC/C=C\CCCCCCCC(=O)OC(CCCCC/C=C/C=C/CCCCCCCCC)CC(=O)NC(CO)C(O)CCCCCCCCCCCC. The van der Waals surface area contributed by atoms with Crippen molar-refractivity contribution in [2.45, 2.75) is 270 Å². The monoisotopic (exact) mass is 802 g/mol. The number of hydrogen-bond donors (Lipinski definition) is 3. The third-order valence-corrected chi connectivity index (χ3v) is 11.2. The summed E-state index contributed by atoms with van der Waals surface area (Å²) in [6.45, 7) is 6.43. The van der Waals surface area contributed by atoms with Crippen molar-refractivity contribution < 1.29 is 24.5 Å². The third kappa shape index (κ3) is 40.6. The van der Waals surface area contributed by atoms with Crippen molar-refractivity contribution in [2.75, 3.05) is 6.61 Å². The summed E-state index contributed by atoms with van der Waals surface area (Å²) in [6, 6.07) is -0.708. The maximum atomic E-state index is 13.2. The maximum Gasteiger partial charge on any atom is 0.306 e. The summed E-state index contributed by atoms with van der Waals surface area (Å²) in [5, 5.41) is 23.7. The zero-order valence-corrected chi connectivity index (χ0v) is 38.0. The standard InChI is InChI=1S/C51H95NO5/c1-4-7-10-13-16-19-22-24-25-26-27-28-30-33-36-39-42-47(57-51(56)44-41-38-35-32-29-23-20-17-14-11-8-5-2)45-50(55)52-48(46-53)49(54)43-40-37-34-31-21-18-15-12-9-6-3/h17,20,25-28,47-49,53-54H,4-16,18-19,21-24,29-46H2,1-3H3,(H,52,55)/b20-17-,26-25+,28-27+. The van der Waals surface area contributed by atoms with Crippen molar-refractivity contribution in [3.63, 3.8) is 0 Å². The van der Waals surface area contributed by atoms with Crippen LogP contribution in [0.4, 0.5) is 0 Å². The Balaban J connectivity index is 4.65. The average molecular weight is 802 g/mol. The molecule has 0 fully saturated rings. The second kappa shape index (κ2) is 45.2. The lowest BCUT2D eigenvalue weighted by Gasteiger charge is -2.24. The molecule has 0 bridgehead atoms. The number of aliphatic hydroxyl groups is 2. The summed E-state index contributed by atoms with van der Waals surface area (Å²) < 4.78 is 5.90. The first-order chi connectivity index (χ1) is 28.0. The van der Waals surface area contributed by atoms with E-state index in [0.29, 0.717) is 19.3 Å². The number of ether oxygens (including phenoxy) is 1. The Hall–Kier alpha value is -1.92. The van der Waals surface area contributed by atoms with E-state index in [1.807, 2.05) is 0 Å². The van der Waals surface area contributed by atoms with Gasteiger partial charge in [0.2, 0.25) is 5.91 Å². The van der Waals surface area contributed by atoms with Crippen LogP contribution in [0.3, 0.4) is 0 Å². The van der Waals surface area contributed by atoms with Gasteiger partial charge in [0.25, 0.3) is 0 Å². The second-order valence-corrected chi connectivity index (χ2v) is 16.9. The van der Waals surface area contributed by atoms with Crippen LogP contribution in [0.5, 0.6) is 0 Å². The number of carbonyl (C=O) groups is 2. The average Bonchev–Trinajstić information content (AvgIpc) is 3.20. The molecule has 0 aromatic carbocycles. The number of esters is 1. The first kappa shape index (κ1) is 55.1. The zero-order valence-electron chi connectivity index (χ0n) is 38.0. The van der Waals surface area contributed by atoms with E-state index in [-0.39, 0.29) is 24.9 Å². The van der Waals surface area contributed by atoms with Gasteiger partial charge in [-0.1, -0.05) is 198 Å². The first-order valence-corrected chi connectivity index (χ1v) is 24.7. The molecule has 0 rings (SSSR count). The van der Waals surface area contributed by atoms with Crippen molar-refractivity contribution in [1.82, 2.24) is 5.32 Å². The lowest BCUT2D eigenvalue weighted by Crippen LogP contribution is -2.46. The van der Waals surface area contributed by atoms with E-state index in [1.165, 1.54) is 128 Å². The number of nitrogens with one attached hydrogen (secondary N) is 1. The van der Waals surface area contributed by atoms with E-state index in [1.54, 1.807) is 0 Å². The molecule has 57 heavy (non-hydrogen) atoms. The molecule has 6 nitrogen and oxygen atoms in total. The first-order valence-electron chi connectivity index (χ1n) is 24.7. The molecule has 0 radical (unpaired) electrons. The van der Waals surface area contributed by atoms with Crippen molar-refractivity contribution in [2.24, 2.45) is 0 Å². The molecule has 0 heterocycles. The highest BCUT2D eigenvalue weighted by atomic mass is 16.5. The summed E-state index contributed by atoms with van der Waals surface area (Å²) in [5.41, 5.74) is 0. The highest BCUT2D eigenvalue weighted by Crippen LogP contribution is 2.17. The quantitative estimate of drug-likeness (QED) is 0.0247. The van der Waals surface area contributed by atoms with Crippen LogP contribution in [0.1, 0.15) is 252 Å². The maximum absolute atomic E-state index is 13.2. The van der Waals surface area contributed by atoms with Crippen molar-refractivity contribution >= 4 is 11.9 Å².